The predicted molar refractivity (Wildman–Crippen MR) is 99.6 cm³/mol. The lowest BCUT2D eigenvalue weighted by Crippen LogP contribution is -2.48. The van der Waals surface area contributed by atoms with Crippen molar-refractivity contribution in [1.82, 2.24) is 9.62 Å². The highest BCUT2D eigenvalue weighted by Crippen LogP contribution is 2.27. The van der Waals surface area contributed by atoms with Gasteiger partial charge in [0.05, 0.1) is 4.90 Å². The molecule has 2 aliphatic rings. The molecule has 1 amide bonds. The van der Waals surface area contributed by atoms with Crippen LogP contribution in [0.2, 0.25) is 0 Å². The predicted octanol–water partition coefficient (Wildman–Crippen LogP) is 3.43. The van der Waals surface area contributed by atoms with Crippen molar-refractivity contribution >= 4 is 15.9 Å². The third-order valence-electron chi connectivity index (χ3n) is 5.45. The molecule has 29 heavy (non-hydrogen) atoms. The number of carbonyl (C=O) groups is 1. The Bertz CT molecular complexity index is 798. The maximum Gasteiger partial charge on any atom is 0.573 e. The highest BCUT2D eigenvalue weighted by Gasteiger charge is 2.32. The van der Waals surface area contributed by atoms with Gasteiger partial charge in [-0.05, 0) is 49.9 Å². The molecule has 162 valence electrons. The lowest BCUT2D eigenvalue weighted by atomic mass is 9.87. The maximum atomic E-state index is 12.6. The third kappa shape index (κ3) is 6.08. The zero-order valence-electron chi connectivity index (χ0n) is 16.0. The molecule has 0 aromatic heterocycles. The lowest BCUT2D eigenvalue weighted by Gasteiger charge is -2.35. The SMILES string of the molecule is O=C(C1CCCCC1)N1CCC(NS(=O)(=O)c2ccc(OC(F)(F)F)cc2)CC1. The van der Waals surface area contributed by atoms with Gasteiger partial charge in [-0.15, -0.1) is 13.2 Å². The van der Waals surface area contributed by atoms with E-state index in [1.807, 2.05) is 4.90 Å². The van der Waals surface area contributed by atoms with Crippen LogP contribution in [0.1, 0.15) is 44.9 Å². The van der Waals surface area contributed by atoms with Gasteiger partial charge in [-0.2, -0.15) is 0 Å². The maximum absolute atomic E-state index is 12.6. The average molecular weight is 434 g/mol. The topological polar surface area (TPSA) is 75.7 Å². The van der Waals surface area contributed by atoms with Crippen molar-refractivity contribution in [1.29, 1.82) is 0 Å². The fourth-order valence-corrected chi connectivity index (χ4v) is 5.24. The van der Waals surface area contributed by atoms with Crippen LogP contribution >= 0.6 is 0 Å². The summed E-state index contributed by atoms with van der Waals surface area (Å²) in [5.41, 5.74) is 0. The van der Waals surface area contributed by atoms with Crippen LogP contribution in [0, 0.1) is 5.92 Å². The normalized spacial score (nSPS) is 19.9. The minimum Gasteiger partial charge on any atom is -0.406 e. The molecule has 1 aliphatic heterocycles. The van der Waals surface area contributed by atoms with Gasteiger partial charge in [-0.3, -0.25) is 4.79 Å². The molecule has 1 saturated heterocycles. The molecule has 0 spiro atoms. The van der Waals surface area contributed by atoms with Crippen LogP contribution in [0.15, 0.2) is 29.2 Å². The van der Waals surface area contributed by atoms with E-state index >= 15 is 0 Å². The Balaban J connectivity index is 1.53. The summed E-state index contributed by atoms with van der Waals surface area (Å²) in [5, 5.41) is 0. The van der Waals surface area contributed by atoms with Crippen molar-refractivity contribution in [3.63, 3.8) is 0 Å². The first-order chi connectivity index (χ1) is 13.6. The fourth-order valence-electron chi connectivity index (χ4n) is 3.93. The zero-order valence-corrected chi connectivity index (χ0v) is 16.8. The van der Waals surface area contributed by atoms with Crippen LogP contribution in [0.3, 0.4) is 0 Å². The second-order valence-corrected chi connectivity index (χ2v) is 9.29. The number of sulfonamides is 1. The molecule has 1 saturated carbocycles. The van der Waals surface area contributed by atoms with Gasteiger partial charge in [-0.25, -0.2) is 13.1 Å². The number of nitrogens with zero attached hydrogens (tertiary/aromatic N) is 1. The molecule has 0 unspecified atom stereocenters. The molecule has 0 atom stereocenters. The van der Waals surface area contributed by atoms with Gasteiger partial charge >= 0.3 is 6.36 Å². The van der Waals surface area contributed by atoms with Crippen LogP contribution in [0.4, 0.5) is 13.2 Å². The molecule has 3 rings (SSSR count). The number of rotatable bonds is 5. The first-order valence-corrected chi connectivity index (χ1v) is 11.3. The number of alkyl halides is 3. The summed E-state index contributed by atoms with van der Waals surface area (Å²) in [5.74, 6) is -0.216. The number of hydrogen-bond donors (Lipinski definition) is 1. The first kappa shape index (κ1) is 21.9. The molecule has 1 aromatic carbocycles. The average Bonchev–Trinajstić information content (AvgIpc) is 2.67. The molecule has 1 N–H and O–H groups in total. The van der Waals surface area contributed by atoms with Gasteiger partial charge in [0.2, 0.25) is 15.9 Å². The van der Waals surface area contributed by atoms with Crippen LogP contribution < -0.4 is 9.46 Å². The van der Waals surface area contributed by atoms with E-state index in [0.29, 0.717) is 25.9 Å². The molecule has 10 heteroatoms. The number of likely N-dealkylation sites (tertiary alicyclic amines) is 1. The Kier molecular flexibility index (Phi) is 6.72. The van der Waals surface area contributed by atoms with E-state index in [4.69, 9.17) is 0 Å². The molecule has 0 radical (unpaired) electrons. The Labute approximate surface area is 168 Å². The number of ether oxygens (including phenoxy) is 1. The second kappa shape index (κ2) is 8.91. The van der Waals surface area contributed by atoms with Gasteiger partial charge < -0.3 is 9.64 Å². The van der Waals surface area contributed by atoms with Crippen molar-refractivity contribution in [2.24, 2.45) is 5.92 Å². The summed E-state index contributed by atoms with van der Waals surface area (Å²) in [7, 11) is -3.87. The van der Waals surface area contributed by atoms with Crippen LogP contribution in [0.25, 0.3) is 0 Å². The van der Waals surface area contributed by atoms with Gasteiger partial charge in [0.15, 0.2) is 0 Å². The van der Waals surface area contributed by atoms with Crippen LogP contribution in [-0.2, 0) is 14.8 Å². The van der Waals surface area contributed by atoms with Crippen molar-refractivity contribution < 1.29 is 31.1 Å². The van der Waals surface area contributed by atoms with E-state index in [0.717, 1.165) is 49.9 Å². The monoisotopic (exact) mass is 434 g/mol. The zero-order chi connectivity index (χ0) is 21.1. The lowest BCUT2D eigenvalue weighted by molar-refractivity contribution is -0.274. The Morgan fingerprint density at radius 2 is 1.59 bits per heavy atom. The van der Waals surface area contributed by atoms with Gasteiger partial charge in [0.25, 0.3) is 0 Å². The minimum absolute atomic E-state index is 0.0921. The summed E-state index contributed by atoms with van der Waals surface area (Å²) in [4.78, 5) is 14.3. The summed E-state index contributed by atoms with van der Waals surface area (Å²) < 4.78 is 68.0. The molecule has 1 aliphatic carbocycles. The van der Waals surface area contributed by atoms with E-state index in [9.17, 15) is 26.4 Å². The number of benzene rings is 1. The first-order valence-electron chi connectivity index (χ1n) is 9.81. The number of nitrogens with one attached hydrogen (secondary N) is 1. The molecule has 0 bridgehead atoms. The van der Waals surface area contributed by atoms with Crippen LogP contribution in [-0.4, -0.2) is 44.7 Å². The van der Waals surface area contributed by atoms with Crippen molar-refractivity contribution in [2.45, 2.75) is 62.2 Å². The van der Waals surface area contributed by atoms with Crippen molar-refractivity contribution in [3.05, 3.63) is 24.3 Å². The standard InChI is InChI=1S/C19H25F3N2O4S/c20-19(21,22)28-16-6-8-17(9-7-16)29(26,27)23-15-10-12-24(13-11-15)18(25)14-4-2-1-3-5-14/h6-9,14-15,23H,1-5,10-13H2. The van der Waals surface area contributed by atoms with E-state index < -0.39 is 22.1 Å². The summed E-state index contributed by atoms with van der Waals surface area (Å²) in [6, 6.07) is 3.76. The van der Waals surface area contributed by atoms with Gasteiger partial charge in [0, 0.05) is 25.0 Å². The van der Waals surface area contributed by atoms with Crippen molar-refractivity contribution in [2.75, 3.05) is 13.1 Å². The summed E-state index contributed by atoms with van der Waals surface area (Å²) in [6.07, 6.45) is 1.39. The number of amides is 1. The Hall–Kier alpha value is -1.81. The van der Waals surface area contributed by atoms with Gasteiger partial charge in [-0.1, -0.05) is 19.3 Å². The number of carbonyl (C=O) groups excluding carboxylic acids is 1. The highest BCUT2D eigenvalue weighted by atomic mass is 32.2. The number of hydrogen-bond acceptors (Lipinski definition) is 4. The molecular weight excluding hydrogens is 409 g/mol. The molecular formula is C19H25F3N2O4S. The van der Waals surface area contributed by atoms with Crippen LogP contribution in [0.5, 0.6) is 5.75 Å². The fraction of sp³-hybridized carbons (Fsp3) is 0.632. The molecule has 1 heterocycles. The Morgan fingerprint density at radius 3 is 2.14 bits per heavy atom. The summed E-state index contributed by atoms with van der Waals surface area (Å²) >= 11 is 0. The summed E-state index contributed by atoms with van der Waals surface area (Å²) in [6.45, 7) is 1.00. The van der Waals surface area contributed by atoms with Crippen molar-refractivity contribution in [3.8, 4) is 5.75 Å². The number of piperidine rings is 1. The Morgan fingerprint density at radius 1 is 1.00 bits per heavy atom. The number of halogens is 3. The van der Waals surface area contributed by atoms with E-state index in [2.05, 4.69) is 9.46 Å². The minimum atomic E-state index is -4.83. The highest BCUT2D eigenvalue weighted by molar-refractivity contribution is 7.89. The third-order valence-corrected chi connectivity index (χ3v) is 6.99. The second-order valence-electron chi connectivity index (χ2n) is 7.57. The molecule has 2 fully saturated rings. The van der Waals surface area contributed by atoms with Gasteiger partial charge in [0.1, 0.15) is 5.75 Å². The van der Waals surface area contributed by atoms with E-state index in [1.54, 1.807) is 0 Å². The smallest absolute Gasteiger partial charge is 0.406 e. The molecule has 1 aromatic rings. The largest absolute Gasteiger partial charge is 0.573 e. The van der Waals surface area contributed by atoms with E-state index in [1.165, 1.54) is 6.42 Å². The molecule has 6 nitrogen and oxygen atoms in total. The quantitative estimate of drug-likeness (QED) is 0.771. The van der Waals surface area contributed by atoms with E-state index in [-0.39, 0.29) is 22.8 Å².